The summed E-state index contributed by atoms with van der Waals surface area (Å²) in [6.07, 6.45) is 34.8. The molecule has 0 aliphatic heterocycles. The van der Waals surface area contributed by atoms with Gasteiger partial charge < -0.3 is 38.1 Å². The summed E-state index contributed by atoms with van der Waals surface area (Å²) in [5.41, 5.74) is 0. The Balaban J connectivity index is 2.53. The number of Topliss-reactive ketones (excluding diaryl/α,β-unsaturated/α-hetero) is 1. The Morgan fingerprint density at radius 1 is 0.787 bits per heavy atom. The number of ketones is 1. The maximum atomic E-state index is 12.7. The van der Waals surface area contributed by atoms with Crippen LogP contribution in [0.25, 0.3) is 0 Å². The maximum absolute atomic E-state index is 12.7. The van der Waals surface area contributed by atoms with Crippen molar-refractivity contribution in [2.45, 2.75) is 167 Å². The number of unbranched alkanes of at least 4 members (excludes halogenated alkanes) is 10. The van der Waals surface area contributed by atoms with E-state index in [9.17, 15) is 34.1 Å². The summed E-state index contributed by atoms with van der Waals surface area (Å²) < 4.78 is 33.8. The van der Waals surface area contributed by atoms with Gasteiger partial charge in [0.25, 0.3) is 7.82 Å². The van der Waals surface area contributed by atoms with Gasteiger partial charge >= 0.3 is 11.9 Å². The van der Waals surface area contributed by atoms with Gasteiger partial charge in [0, 0.05) is 31.1 Å². The van der Waals surface area contributed by atoms with E-state index in [2.05, 4.69) is 44.2 Å². The van der Waals surface area contributed by atoms with Crippen LogP contribution in [0.2, 0.25) is 0 Å². The van der Waals surface area contributed by atoms with Crippen molar-refractivity contribution >= 4 is 25.5 Å². The van der Waals surface area contributed by atoms with Crippen molar-refractivity contribution in [1.29, 1.82) is 0 Å². The van der Waals surface area contributed by atoms with E-state index in [0.717, 1.165) is 38.5 Å². The monoisotopic (exact) mass is 880 g/mol. The van der Waals surface area contributed by atoms with Crippen LogP contribution in [0.3, 0.4) is 0 Å². The molecular weight excluding hydrogens is 797 g/mol. The van der Waals surface area contributed by atoms with E-state index in [1.54, 1.807) is 12.2 Å². The van der Waals surface area contributed by atoms with E-state index in [-0.39, 0.29) is 50.1 Å². The highest BCUT2D eigenvalue weighted by molar-refractivity contribution is 7.45. The minimum Gasteiger partial charge on any atom is -0.756 e. The molecule has 13 heteroatoms. The van der Waals surface area contributed by atoms with Crippen molar-refractivity contribution in [2.24, 2.45) is 11.8 Å². The van der Waals surface area contributed by atoms with Crippen LogP contribution in [0, 0.1) is 11.8 Å². The highest BCUT2D eigenvalue weighted by Gasteiger charge is 2.39. The number of ether oxygens (including phenoxy) is 2. The zero-order valence-corrected chi connectivity index (χ0v) is 39.2. The van der Waals surface area contributed by atoms with E-state index in [4.69, 9.17) is 18.5 Å². The lowest BCUT2D eigenvalue weighted by atomic mass is 9.90. The molecule has 0 aromatic carbocycles. The van der Waals surface area contributed by atoms with Gasteiger partial charge in [-0.15, -0.1) is 0 Å². The first-order valence-electron chi connectivity index (χ1n) is 23.1. The Labute approximate surface area is 368 Å². The predicted octanol–water partition coefficient (Wildman–Crippen LogP) is 9.20. The number of hydrogen-bond acceptors (Lipinski definition) is 11. The van der Waals surface area contributed by atoms with Crippen LogP contribution in [0.4, 0.5) is 0 Å². The molecule has 0 bridgehead atoms. The van der Waals surface area contributed by atoms with Crippen molar-refractivity contribution in [3.05, 3.63) is 60.8 Å². The van der Waals surface area contributed by atoms with Crippen LogP contribution < -0.4 is 4.89 Å². The Bertz CT molecular complexity index is 1390. The third-order valence-corrected chi connectivity index (χ3v) is 11.3. The number of esters is 2. The highest BCUT2D eigenvalue weighted by Crippen LogP contribution is 2.38. The van der Waals surface area contributed by atoms with E-state index in [1.165, 1.54) is 38.5 Å². The lowest BCUT2D eigenvalue weighted by molar-refractivity contribution is -0.870. The van der Waals surface area contributed by atoms with Crippen LogP contribution in [-0.2, 0) is 37.5 Å². The summed E-state index contributed by atoms with van der Waals surface area (Å²) in [4.78, 5) is 50.3. The quantitative estimate of drug-likeness (QED) is 0.0201. The highest BCUT2D eigenvalue weighted by atomic mass is 31.2. The molecule has 1 unspecified atom stereocenters. The van der Waals surface area contributed by atoms with Crippen molar-refractivity contribution in [3.8, 4) is 0 Å². The Morgan fingerprint density at radius 2 is 1.36 bits per heavy atom. The standard InChI is InChI=1S/C48H82NO11P/c1-6-8-10-11-12-13-14-15-16-17-18-19-20-21-22-23-29-33-48(54)60-42(40-59-61(55,56)58-37-36-49(3,4)5)39-57-47(53)32-28-25-24-27-31-43-44(46(52)38-45(43)51)35-34-41(50)30-26-9-7-2/h15-16,18-19,21-22,24,27,34-35,41-44,46,50,52H,6-14,17,20,23,25-26,28-33,36-40H2,1-5H3/b16-15-,19-18-,22-21-,27-24-,35-34+/t41-,42+,43+,44+,46+/m0/s1. The van der Waals surface area contributed by atoms with E-state index >= 15 is 0 Å². The number of allylic oxidation sites excluding steroid dienone is 8. The van der Waals surface area contributed by atoms with Crippen LogP contribution >= 0.6 is 7.82 Å². The smallest absolute Gasteiger partial charge is 0.306 e. The first-order chi connectivity index (χ1) is 29.2. The number of phosphoric ester groups is 1. The number of aliphatic hydroxyl groups excluding tert-OH is 2. The lowest BCUT2D eigenvalue weighted by Crippen LogP contribution is -2.37. The Hall–Kier alpha value is -2.70. The van der Waals surface area contributed by atoms with Gasteiger partial charge in [0.1, 0.15) is 25.5 Å². The molecular formula is C48H82NO11P. The van der Waals surface area contributed by atoms with E-state index in [0.29, 0.717) is 49.6 Å². The van der Waals surface area contributed by atoms with Gasteiger partial charge in [0.05, 0.1) is 40.0 Å². The fourth-order valence-electron chi connectivity index (χ4n) is 6.65. The van der Waals surface area contributed by atoms with Crippen LogP contribution in [0.5, 0.6) is 0 Å². The number of carbonyl (C=O) groups is 3. The first kappa shape index (κ1) is 56.3. The average molecular weight is 880 g/mol. The number of likely N-dealkylation sites (N-methyl/N-ethyl adjacent to an activating group) is 1. The summed E-state index contributed by atoms with van der Waals surface area (Å²) >= 11 is 0. The van der Waals surface area contributed by atoms with Crippen LogP contribution in [-0.4, -0.2) is 98.2 Å². The molecule has 0 aromatic rings. The molecule has 0 aromatic heterocycles. The molecule has 12 nitrogen and oxygen atoms in total. The Morgan fingerprint density at radius 3 is 2.02 bits per heavy atom. The third kappa shape index (κ3) is 31.7. The molecule has 61 heavy (non-hydrogen) atoms. The number of nitrogens with zero attached hydrogens (tertiary/aromatic N) is 1. The zero-order valence-electron chi connectivity index (χ0n) is 38.3. The summed E-state index contributed by atoms with van der Waals surface area (Å²) in [5.74, 6) is -1.83. The molecule has 6 atom stereocenters. The second-order valence-electron chi connectivity index (χ2n) is 17.2. The van der Waals surface area contributed by atoms with Crippen LogP contribution in [0.1, 0.15) is 149 Å². The number of aliphatic hydroxyl groups is 2. The topological polar surface area (TPSA) is 169 Å². The van der Waals surface area contributed by atoms with Gasteiger partial charge in [-0.05, 0) is 64.2 Å². The molecule has 2 N–H and O–H groups in total. The van der Waals surface area contributed by atoms with Crippen molar-refractivity contribution in [2.75, 3.05) is 47.5 Å². The average Bonchev–Trinajstić information content (AvgIpc) is 3.47. The van der Waals surface area contributed by atoms with Gasteiger partial charge in [-0.25, -0.2) is 0 Å². The molecule has 0 spiro atoms. The van der Waals surface area contributed by atoms with Crippen molar-refractivity contribution in [3.63, 3.8) is 0 Å². The largest absolute Gasteiger partial charge is 0.756 e. The molecule has 0 heterocycles. The van der Waals surface area contributed by atoms with Crippen molar-refractivity contribution < 1.29 is 57.1 Å². The first-order valence-corrected chi connectivity index (χ1v) is 24.6. The molecule has 1 saturated carbocycles. The molecule has 0 saturated heterocycles. The molecule has 350 valence electrons. The summed E-state index contributed by atoms with van der Waals surface area (Å²) in [7, 11) is 0.979. The number of quaternary nitrogens is 1. The Kier molecular flexibility index (Phi) is 32.1. The zero-order chi connectivity index (χ0) is 45.2. The van der Waals surface area contributed by atoms with E-state index < -0.39 is 44.7 Å². The maximum Gasteiger partial charge on any atom is 0.306 e. The predicted molar refractivity (Wildman–Crippen MR) is 241 cm³/mol. The number of hydrogen-bond donors (Lipinski definition) is 2. The molecule has 1 fully saturated rings. The molecule has 1 rings (SSSR count). The minimum atomic E-state index is -4.71. The van der Waals surface area contributed by atoms with Gasteiger partial charge in [-0.1, -0.05) is 126 Å². The normalized spacial score (nSPS) is 19.5. The number of rotatable bonds is 37. The van der Waals surface area contributed by atoms with E-state index in [1.807, 2.05) is 39.4 Å². The van der Waals surface area contributed by atoms with Gasteiger partial charge in [-0.3, -0.25) is 18.9 Å². The fourth-order valence-corrected chi connectivity index (χ4v) is 7.38. The van der Waals surface area contributed by atoms with Gasteiger partial charge in [0.15, 0.2) is 6.10 Å². The molecule has 1 aliphatic rings. The number of phosphoric acid groups is 1. The molecule has 0 amide bonds. The fraction of sp³-hybridized carbons (Fsp3) is 0.729. The molecule has 1 aliphatic carbocycles. The summed E-state index contributed by atoms with van der Waals surface area (Å²) in [5, 5.41) is 20.7. The minimum absolute atomic E-state index is 0.00736. The second-order valence-corrected chi connectivity index (χ2v) is 18.6. The molecule has 0 radical (unpaired) electrons. The summed E-state index contributed by atoms with van der Waals surface area (Å²) in [6, 6.07) is 0. The number of carbonyl (C=O) groups excluding carboxylic acids is 3. The van der Waals surface area contributed by atoms with Gasteiger partial charge in [-0.2, -0.15) is 0 Å². The second kappa shape index (κ2) is 34.7. The van der Waals surface area contributed by atoms with Crippen LogP contribution in [0.15, 0.2) is 60.8 Å². The third-order valence-electron chi connectivity index (χ3n) is 10.4. The summed E-state index contributed by atoms with van der Waals surface area (Å²) in [6.45, 7) is 3.73. The lowest BCUT2D eigenvalue weighted by Gasteiger charge is -2.28. The van der Waals surface area contributed by atoms with Gasteiger partial charge in [0.2, 0.25) is 0 Å². The SMILES string of the molecule is CCCCCCCC/C=C\C/C=C\C/C=C\CCCC(=O)O[C@H](COC(=O)CCC/C=C\C[C@H]1C(=O)C[C@@H](O)[C@@H]1/C=C/[C@@H](O)CCCCC)COP(=O)([O-])OCC[N+](C)(C)C. The van der Waals surface area contributed by atoms with Crippen molar-refractivity contribution in [1.82, 2.24) is 0 Å².